The first kappa shape index (κ1) is 13.8. The van der Waals surface area contributed by atoms with Crippen molar-refractivity contribution in [1.82, 2.24) is 5.32 Å². The number of nitrogens with one attached hydrogen (secondary N) is 1. The molecule has 2 heterocycles. The number of fused-ring (bicyclic) bond motifs is 2. The standard InChI is InChI=1S/C13H23NO3S/c1-13(2,3)17-12(15)14-8-9-6-10-4-5-11(7-9)18(10)16/h9-11H,4-8H2,1-3H3,(H,14,15). The Labute approximate surface area is 111 Å². The third kappa shape index (κ3) is 3.46. The lowest BCUT2D eigenvalue weighted by molar-refractivity contribution is 0.0517. The normalized spacial score (nSPS) is 35.3. The number of ether oxygens (including phenoxy) is 1. The Morgan fingerprint density at radius 1 is 1.28 bits per heavy atom. The van der Waals surface area contributed by atoms with Gasteiger partial charge in [0.15, 0.2) is 0 Å². The van der Waals surface area contributed by atoms with Crippen LogP contribution in [0.4, 0.5) is 4.79 Å². The summed E-state index contributed by atoms with van der Waals surface area (Å²) in [7, 11) is -0.613. The van der Waals surface area contributed by atoms with E-state index in [1.807, 2.05) is 20.8 Å². The number of hydrogen-bond donors (Lipinski definition) is 1. The maximum atomic E-state index is 11.9. The van der Waals surface area contributed by atoms with Gasteiger partial charge in [-0.1, -0.05) is 0 Å². The van der Waals surface area contributed by atoms with Gasteiger partial charge in [-0.3, -0.25) is 4.21 Å². The second-order valence-electron chi connectivity index (χ2n) is 6.37. The summed E-state index contributed by atoms with van der Waals surface area (Å²) in [5, 5.41) is 3.57. The molecule has 2 fully saturated rings. The molecule has 0 aromatic carbocycles. The summed E-state index contributed by atoms with van der Waals surface area (Å²) in [6.45, 7) is 6.23. The van der Waals surface area contributed by atoms with E-state index in [1.54, 1.807) is 0 Å². The molecule has 0 aliphatic carbocycles. The predicted molar refractivity (Wildman–Crippen MR) is 71.9 cm³/mol. The molecule has 0 aromatic heterocycles. The second kappa shape index (κ2) is 5.19. The molecule has 2 aliphatic heterocycles. The van der Waals surface area contributed by atoms with Gasteiger partial charge in [-0.2, -0.15) is 0 Å². The monoisotopic (exact) mass is 273 g/mol. The third-order valence-electron chi connectivity index (χ3n) is 3.59. The molecule has 2 saturated heterocycles. The summed E-state index contributed by atoms with van der Waals surface area (Å²) in [6.07, 6.45) is 3.82. The molecule has 5 heteroatoms. The van der Waals surface area contributed by atoms with Gasteiger partial charge in [0.05, 0.1) is 0 Å². The Morgan fingerprint density at radius 3 is 2.33 bits per heavy atom. The van der Waals surface area contributed by atoms with Crippen LogP contribution in [0.1, 0.15) is 46.5 Å². The maximum absolute atomic E-state index is 11.9. The maximum Gasteiger partial charge on any atom is 0.407 e. The lowest BCUT2D eigenvalue weighted by Crippen LogP contribution is -2.38. The average molecular weight is 273 g/mol. The lowest BCUT2D eigenvalue weighted by Gasteiger charge is -2.28. The van der Waals surface area contributed by atoms with Gasteiger partial charge in [0.25, 0.3) is 0 Å². The van der Waals surface area contributed by atoms with Crippen molar-refractivity contribution in [1.29, 1.82) is 0 Å². The van der Waals surface area contributed by atoms with Gasteiger partial charge in [-0.05, 0) is 52.4 Å². The molecule has 0 saturated carbocycles. The number of rotatable bonds is 2. The highest BCUT2D eigenvalue weighted by atomic mass is 32.2. The van der Waals surface area contributed by atoms with Gasteiger partial charge in [0.2, 0.25) is 0 Å². The number of amides is 1. The summed E-state index contributed by atoms with van der Waals surface area (Å²) in [5.74, 6) is 0.465. The fourth-order valence-electron chi connectivity index (χ4n) is 2.85. The minimum absolute atomic E-state index is 0.346. The Kier molecular flexibility index (Phi) is 3.99. The third-order valence-corrected chi connectivity index (χ3v) is 5.76. The van der Waals surface area contributed by atoms with Crippen LogP contribution >= 0.6 is 0 Å². The molecule has 0 aromatic rings. The van der Waals surface area contributed by atoms with Crippen molar-refractivity contribution in [3.05, 3.63) is 0 Å². The van der Waals surface area contributed by atoms with Crippen molar-refractivity contribution in [2.75, 3.05) is 6.54 Å². The fourth-order valence-corrected chi connectivity index (χ4v) is 5.05. The molecule has 0 spiro atoms. The van der Waals surface area contributed by atoms with Crippen molar-refractivity contribution < 1.29 is 13.7 Å². The minimum Gasteiger partial charge on any atom is -0.444 e. The Morgan fingerprint density at radius 2 is 1.83 bits per heavy atom. The summed E-state index contributed by atoms with van der Waals surface area (Å²) in [4.78, 5) is 11.6. The minimum atomic E-state index is -0.613. The summed E-state index contributed by atoms with van der Waals surface area (Å²) >= 11 is 0. The van der Waals surface area contributed by atoms with Crippen LogP contribution in [0.3, 0.4) is 0 Å². The Bertz CT molecular complexity index is 335. The first-order valence-corrected chi connectivity index (χ1v) is 7.99. The quantitative estimate of drug-likeness (QED) is 0.839. The zero-order chi connectivity index (χ0) is 13.3. The molecular weight excluding hydrogens is 250 g/mol. The van der Waals surface area contributed by atoms with E-state index in [2.05, 4.69) is 5.32 Å². The number of carbonyl (C=O) groups excluding carboxylic acids is 1. The summed E-state index contributed by atoms with van der Waals surface area (Å²) in [5.41, 5.74) is -0.447. The Hall–Kier alpha value is -0.580. The second-order valence-corrected chi connectivity index (χ2v) is 8.36. The highest BCUT2D eigenvalue weighted by molar-refractivity contribution is 7.86. The van der Waals surface area contributed by atoms with Crippen molar-refractivity contribution in [3.8, 4) is 0 Å². The van der Waals surface area contributed by atoms with Crippen molar-refractivity contribution in [3.63, 3.8) is 0 Å². The van der Waals surface area contributed by atoms with Crippen LogP contribution in [0.5, 0.6) is 0 Å². The van der Waals surface area contributed by atoms with E-state index in [-0.39, 0.29) is 6.09 Å². The van der Waals surface area contributed by atoms with Gasteiger partial charge < -0.3 is 10.1 Å². The molecule has 2 aliphatic rings. The van der Waals surface area contributed by atoms with Crippen LogP contribution in [-0.2, 0) is 15.5 Å². The van der Waals surface area contributed by atoms with Crippen LogP contribution in [0.15, 0.2) is 0 Å². The summed E-state index contributed by atoms with van der Waals surface area (Å²) < 4.78 is 17.1. The highest BCUT2D eigenvalue weighted by Crippen LogP contribution is 2.38. The van der Waals surface area contributed by atoms with Gasteiger partial charge in [0.1, 0.15) is 5.60 Å². The molecular formula is C13H23NO3S. The van der Waals surface area contributed by atoms with Gasteiger partial charge in [-0.25, -0.2) is 4.79 Å². The van der Waals surface area contributed by atoms with E-state index in [0.717, 1.165) is 25.7 Å². The smallest absolute Gasteiger partial charge is 0.407 e. The fraction of sp³-hybridized carbons (Fsp3) is 0.923. The van der Waals surface area contributed by atoms with E-state index < -0.39 is 16.4 Å². The van der Waals surface area contributed by atoms with Gasteiger partial charge >= 0.3 is 6.09 Å². The molecule has 0 radical (unpaired) electrons. The molecule has 2 unspecified atom stereocenters. The molecule has 2 bridgehead atoms. The topological polar surface area (TPSA) is 55.4 Å². The van der Waals surface area contributed by atoms with E-state index in [4.69, 9.17) is 4.74 Å². The Balaban J connectivity index is 1.75. The SMILES string of the molecule is CC(C)(C)OC(=O)NCC1CC2CCC(C1)S2=O. The van der Waals surface area contributed by atoms with E-state index in [1.165, 1.54) is 0 Å². The molecule has 104 valence electrons. The number of carbonyl (C=O) groups is 1. The lowest BCUT2D eigenvalue weighted by atomic mass is 9.99. The zero-order valence-corrected chi connectivity index (χ0v) is 12.2. The van der Waals surface area contributed by atoms with Gasteiger partial charge in [0, 0.05) is 27.8 Å². The van der Waals surface area contributed by atoms with Crippen molar-refractivity contribution >= 4 is 16.9 Å². The van der Waals surface area contributed by atoms with E-state index >= 15 is 0 Å². The van der Waals surface area contributed by atoms with E-state index in [9.17, 15) is 9.00 Å². The van der Waals surface area contributed by atoms with Crippen molar-refractivity contribution in [2.24, 2.45) is 5.92 Å². The molecule has 18 heavy (non-hydrogen) atoms. The molecule has 2 atom stereocenters. The van der Waals surface area contributed by atoms with Gasteiger partial charge in [-0.15, -0.1) is 0 Å². The van der Waals surface area contributed by atoms with Crippen LogP contribution < -0.4 is 5.32 Å². The molecule has 1 amide bonds. The number of hydrogen-bond acceptors (Lipinski definition) is 3. The zero-order valence-electron chi connectivity index (χ0n) is 11.4. The van der Waals surface area contributed by atoms with Crippen LogP contribution in [-0.4, -0.2) is 32.9 Å². The summed E-state index contributed by atoms with van der Waals surface area (Å²) in [6, 6.07) is 0. The van der Waals surface area contributed by atoms with Crippen molar-refractivity contribution in [2.45, 2.75) is 62.6 Å². The van der Waals surface area contributed by atoms with E-state index in [0.29, 0.717) is 23.0 Å². The molecule has 4 nitrogen and oxygen atoms in total. The first-order chi connectivity index (χ1) is 8.35. The predicted octanol–water partition coefficient (Wildman–Crippen LogP) is 2.20. The number of alkyl carbamates (subject to hydrolysis) is 1. The van der Waals surface area contributed by atoms with Crippen LogP contribution in [0.2, 0.25) is 0 Å². The molecule has 2 rings (SSSR count). The van der Waals surface area contributed by atoms with Crippen LogP contribution in [0, 0.1) is 5.92 Å². The highest BCUT2D eigenvalue weighted by Gasteiger charge is 2.40. The van der Waals surface area contributed by atoms with Crippen LogP contribution in [0.25, 0.3) is 0 Å². The first-order valence-electron chi connectivity index (χ1n) is 6.71. The largest absolute Gasteiger partial charge is 0.444 e. The molecule has 1 N–H and O–H groups in total. The average Bonchev–Trinajstić information content (AvgIpc) is 2.50.